The smallest absolute Gasteiger partial charge is 0.127 e. The summed E-state index contributed by atoms with van der Waals surface area (Å²) in [5.74, 6) is 1.69. The van der Waals surface area contributed by atoms with E-state index in [9.17, 15) is 0 Å². The van der Waals surface area contributed by atoms with E-state index in [0.29, 0.717) is 6.04 Å². The molecule has 0 spiro atoms. The summed E-state index contributed by atoms with van der Waals surface area (Å²) in [5, 5.41) is 3.43. The molecule has 2 aromatic carbocycles. The molecule has 3 nitrogen and oxygen atoms in total. The third-order valence-electron chi connectivity index (χ3n) is 3.51. The van der Waals surface area contributed by atoms with Crippen molar-refractivity contribution in [2.24, 2.45) is 0 Å². The average molecular weight is 269 g/mol. The number of hydrogen-bond donors (Lipinski definition) is 1. The van der Waals surface area contributed by atoms with Crippen LogP contribution in [0, 0.1) is 0 Å². The molecule has 20 heavy (non-hydrogen) atoms. The van der Waals surface area contributed by atoms with Gasteiger partial charge in [0.25, 0.3) is 0 Å². The lowest BCUT2D eigenvalue weighted by Crippen LogP contribution is -2.41. The van der Waals surface area contributed by atoms with Crippen LogP contribution >= 0.6 is 0 Å². The molecule has 2 aromatic rings. The standard InChI is InChI=1S/C17H19NO2/c1-13-17(19-12-11-18-13)14-7-9-16(10-8-14)20-15-5-3-2-4-6-15/h2-10,13,17-18H,11-12H2,1H3. The van der Waals surface area contributed by atoms with Crippen molar-refractivity contribution in [3.8, 4) is 11.5 Å². The Hall–Kier alpha value is -1.84. The second kappa shape index (κ2) is 6.07. The number of morpholine rings is 1. The minimum atomic E-state index is 0.120. The summed E-state index contributed by atoms with van der Waals surface area (Å²) in [7, 11) is 0. The molecular formula is C17H19NO2. The van der Waals surface area contributed by atoms with Crippen LogP contribution in [0.25, 0.3) is 0 Å². The molecule has 1 saturated heterocycles. The van der Waals surface area contributed by atoms with E-state index < -0.39 is 0 Å². The van der Waals surface area contributed by atoms with Gasteiger partial charge in [-0.3, -0.25) is 0 Å². The second-order valence-electron chi connectivity index (χ2n) is 5.02. The zero-order valence-corrected chi connectivity index (χ0v) is 11.6. The Morgan fingerprint density at radius 3 is 2.40 bits per heavy atom. The predicted octanol–water partition coefficient (Wildman–Crippen LogP) is 3.53. The van der Waals surface area contributed by atoms with E-state index in [1.54, 1.807) is 0 Å². The lowest BCUT2D eigenvalue weighted by atomic mass is 10.0. The third kappa shape index (κ3) is 3.00. The maximum atomic E-state index is 5.83. The fourth-order valence-electron chi connectivity index (χ4n) is 2.46. The van der Waals surface area contributed by atoms with E-state index in [4.69, 9.17) is 9.47 Å². The van der Waals surface area contributed by atoms with Gasteiger partial charge >= 0.3 is 0 Å². The number of hydrogen-bond acceptors (Lipinski definition) is 3. The van der Waals surface area contributed by atoms with E-state index in [1.165, 1.54) is 5.56 Å². The first-order valence-electron chi connectivity index (χ1n) is 7.01. The van der Waals surface area contributed by atoms with Gasteiger partial charge in [0.1, 0.15) is 11.5 Å². The van der Waals surface area contributed by atoms with Crippen molar-refractivity contribution in [1.29, 1.82) is 0 Å². The average Bonchev–Trinajstić information content (AvgIpc) is 2.50. The van der Waals surface area contributed by atoms with Crippen LogP contribution in [0.15, 0.2) is 54.6 Å². The van der Waals surface area contributed by atoms with Crippen molar-refractivity contribution in [3.63, 3.8) is 0 Å². The van der Waals surface area contributed by atoms with Crippen molar-refractivity contribution < 1.29 is 9.47 Å². The van der Waals surface area contributed by atoms with Gasteiger partial charge in [0.05, 0.1) is 12.7 Å². The Bertz CT molecular complexity index is 539. The second-order valence-corrected chi connectivity index (χ2v) is 5.02. The van der Waals surface area contributed by atoms with Crippen LogP contribution in [0.5, 0.6) is 11.5 Å². The Balaban J connectivity index is 1.71. The molecular weight excluding hydrogens is 250 g/mol. The maximum Gasteiger partial charge on any atom is 0.127 e. The van der Waals surface area contributed by atoms with Gasteiger partial charge in [-0.2, -0.15) is 0 Å². The highest BCUT2D eigenvalue weighted by Gasteiger charge is 2.23. The van der Waals surface area contributed by atoms with Crippen LogP contribution in [0.2, 0.25) is 0 Å². The highest BCUT2D eigenvalue weighted by atomic mass is 16.5. The molecule has 1 fully saturated rings. The SMILES string of the molecule is CC1NCCOC1c1ccc(Oc2ccccc2)cc1. The fraction of sp³-hybridized carbons (Fsp3) is 0.294. The van der Waals surface area contributed by atoms with E-state index in [2.05, 4.69) is 24.4 Å². The molecule has 104 valence electrons. The minimum Gasteiger partial charge on any atom is -0.457 e. The van der Waals surface area contributed by atoms with E-state index in [0.717, 1.165) is 24.7 Å². The van der Waals surface area contributed by atoms with Crippen molar-refractivity contribution in [2.75, 3.05) is 13.2 Å². The number of benzene rings is 2. The zero-order valence-electron chi connectivity index (χ0n) is 11.6. The van der Waals surface area contributed by atoms with Crippen molar-refractivity contribution >= 4 is 0 Å². The Morgan fingerprint density at radius 1 is 1.00 bits per heavy atom. The first-order chi connectivity index (χ1) is 9.83. The molecule has 3 rings (SSSR count). The Morgan fingerprint density at radius 2 is 1.70 bits per heavy atom. The van der Waals surface area contributed by atoms with Crippen LogP contribution in [-0.2, 0) is 4.74 Å². The molecule has 0 amide bonds. The van der Waals surface area contributed by atoms with Crippen molar-refractivity contribution in [3.05, 3.63) is 60.2 Å². The summed E-state index contributed by atoms with van der Waals surface area (Å²) in [6, 6.07) is 18.3. The highest BCUT2D eigenvalue weighted by molar-refractivity contribution is 5.34. The first-order valence-corrected chi connectivity index (χ1v) is 7.01. The summed E-state index contributed by atoms with van der Waals surface area (Å²) < 4.78 is 11.6. The highest BCUT2D eigenvalue weighted by Crippen LogP contribution is 2.27. The summed E-state index contributed by atoms with van der Waals surface area (Å²) in [6.07, 6.45) is 0.120. The van der Waals surface area contributed by atoms with Gasteiger partial charge in [0.2, 0.25) is 0 Å². The largest absolute Gasteiger partial charge is 0.457 e. The molecule has 0 radical (unpaired) electrons. The quantitative estimate of drug-likeness (QED) is 0.924. The van der Waals surface area contributed by atoms with Gasteiger partial charge in [-0.25, -0.2) is 0 Å². The molecule has 1 aliphatic rings. The Labute approximate surface area is 119 Å². The normalized spacial score (nSPS) is 22.4. The molecule has 3 heteroatoms. The molecule has 1 heterocycles. The van der Waals surface area contributed by atoms with Gasteiger partial charge in [0.15, 0.2) is 0 Å². The van der Waals surface area contributed by atoms with Gasteiger partial charge < -0.3 is 14.8 Å². The molecule has 2 unspecified atom stereocenters. The monoisotopic (exact) mass is 269 g/mol. The number of para-hydroxylation sites is 1. The molecule has 0 bridgehead atoms. The number of nitrogens with one attached hydrogen (secondary N) is 1. The molecule has 0 aromatic heterocycles. The molecule has 0 saturated carbocycles. The topological polar surface area (TPSA) is 30.5 Å². The van der Waals surface area contributed by atoms with E-state index in [1.807, 2.05) is 42.5 Å². The van der Waals surface area contributed by atoms with Gasteiger partial charge in [-0.15, -0.1) is 0 Å². The minimum absolute atomic E-state index is 0.120. The third-order valence-corrected chi connectivity index (χ3v) is 3.51. The Kier molecular flexibility index (Phi) is 4.00. The molecule has 1 N–H and O–H groups in total. The van der Waals surface area contributed by atoms with Crippen LogP contribution in [-0.4, -0.2) is 19.2 Å². The molecule has 2 atom stereocenters. The van der Waals surface area contributed by atoms with Gasteiger partial charge in [-0.1, -0.05) is 30.3 Å². The fourth-order valence-corrected chi connectivity index (χ4v) is 2.46. The van der Waals surface area contributed by atoms with Gasteiger partial charge in [-0.05, 0) is 36.8 Å². The maximum absolute atomic E-state index is 5.83. The summed E-state index contributed by atoms with van der Waals surface area (Å²) >= 11 is 0. The molecule has 1 aliphatic heterocycles. The summed E-state index contributed by atoms with van der Waals surface area (Å²) in [5.41, 5.74) is 1.19. The van der Waals surface area contributed by atoms with E-state index >= 15 is 0 Å². The van der Waals surface area contributed by atoms with Gasteiger partial charge in [0, 0.05) is 12.6 Å². The van der Waals surface area contributed by atoms with Crippen molar-refractivity contribution in [2.45, 2.75) is 19.1 Å². The predicted molar refractivity (Wildman–Crippen MR) is 79.1 cm³/mol. The van der Waals surface area contributed by atoms with Crippen LogP contribution in [0.1, 0.15) is 18.6 Å². The number of rotatable bonds is 3. The first kappa shape index (κ1) is 13.2. The van der Waals surface area contributed by atoms with E-state index in [-0.39, 0.29) is 6.10 Å². The van der Waals surface area contributed by atoms with Crippen LogP contribution in [0.3, 0.4) is 0 Å². The lowest BCUT2D eigenvalue weighted by molar-refractivity contribution is -0.000239. The zero-order chi connectivity index (χ0) is 13.8. The van der Waals surface area contributed by atoms with Crippen LogP contribution in [0.4, 0.5) is 0 Å². The summed E-state index contributed by atoms with van der Waals surface area (Å²) in [6.45, 7) is 3.84. The molecule has 0 aliphatic carbocycles. The number of ether oxygens (including phenoxy) is 2. The van der Waals surface area contributed by atoms with Crippen LogP contribution < -0.4 is 10.1 Å². The lowest BCUT2D eigenvalue weighted by Gasteiger charge is -2.30. The van der Waals surface area contributed by atoms with Crippen molar-refractivity contribution in [1.82, 2.24) is 5.32 Å². The summed E-state index contributed by atoms with van der Waals surface area (Å²) in [4.78, 5) is 0.